The summed E-state index contributed by atoms with van der Waals surface area (Å²) in [4.78, 5) is 26.5. The molecule has 1 aliphatic rings. The lowest BCUT2D eigenvalue weighted by Gasteiger charge is -2.18. The van der Waals surface area contributed by atoms with Crippen LogP contribution >= 0.6 is 11.3 Å². The fraction of sp³-hybridized carbons (Fsp3) is 0.400. The number of anilines is 1. The topological polar surface area (TPSA) is 95.6 Å². The highest BCUT2D eigenvalue weighted by Crippen LogP contribution is 2.39. The van der Waals surface area contributed by atoms with Gasteiger partial charge in [0.2, 0.25) is 10.0 Å². The lowest BCUT2D eigenvalue weighted by molar-refractivity contribution is 0.0963. The molecule has 0 unspecified atom stereocenters. The van der Waals surface area contributed by atoms with Gasteiger partial charge < -0.3 is 10.6 Å². The Morgan fingerprint density at radius 1 is 1.14 bits per heavy atom. The third-order valence-corrected chi connectivity index (χ3v) is 8.09. The predicted molar refractivity (Wildman–Crippen MR) is 114 cm³/mol. The third kappa shape index (κ3) is 4.22. The van der Waals surface area contributed by atoms with Gasteiger partial charge in [0.25, 0.3) is 11.8 Å². The quantitative estimate of drug-likeness (QED) is 0.755. The fourth-order valence-corrected chi connectivity index (χ4v) is 5.67. The molecular weight excluding hydrogens is 410 g/mol. The number of carbonyl (C=O) groups excluding carboxylic acids is 2. The van der Waals surface area contributed by atoms with Crippen molar-refractivity contribution in [2.45, 2.75) is 31.1 Å². The van der Waals surface area contributed by atoms with Crippen LogP contribution in [0.4, 0.5) is 5.00 Å². The lowest BCUT2D eigenvalue weighted by atomic mass is 9.88. The molecule has 0 saturated heterocycles. The van der Waals surface area contributed by atoms with Crippen LogP contribution in [-0.2, 0) is 22.9 Å². The van der Waals surface area contributed by atoms with Crippen LogP contribution in [0.15, 0.2) is 29.2 Å². The third-order valence-electron chi connectivity index (χ3n) is 5.09. The van der Waals surface area contributed by atoms with Gasteiger partial charge in [-0.05, 0) is 55.0 Å². The lowest BCUT2D eigenvalue weighted by Crippen LogP contribution is -2.23. The van der Waals surface area contributed by atoms with E-state index in [-0.39, 0.29) is 16.7 Å². The van der Waals surface area contributed by atoms with Crippen molar-refractivity contribution in [1.82, 2.24) is 9.62 Å². The average Bonchev–Trinajstić information content (AvgIpc) is 3.04. The van der Waals surface area contributed by atoms with Gasteiger partial charge in [-0.15, -0.1) is 11.3 Å². The van der Waals surface area contributed by atoms with Crippen LogP contribution in [-0.4, -0.2) is 45.7 Å². The zero-order valence-corrected chi connectivity index (χ0v) is 18.5. The summed E-state index contributed by atoms with van der Waals surface area (Å²) in [7, 11) is 0.929. The standard InChI is InChI=1S/C20H25N3O4S2/c1-12-5-10-15-16(11-12)28-20(17(15)19(25)21-2)22-18(24)13-6-8-14(9-7-13)29(26,27)23(3)4/h6-9,12H,5,10-11H2,1-4H3,(H,21,25)(H,22,24)/t12-/m1/s1. The van der Waals surface area contributed by atoms with E-state index in [2.05, 4.69) is 17.6 Å². The molecular formula is C20H25N3O4S2. The molecule has 0 spiro atoms. The maximum absolute atomic E-state index is 12.8. The van der Waals surface area contributed by atoms with Gasteiger partial charge in [-0.1, -0.05) is 6.92 Å². The molecule has 7 nitrogen and oxygen atoms in total. The summed E-state index contributed by atoms with van der Waals surface area (Å²) in [6.45, 7) is 2.18. The van der Waals surface area contributed by atoms with Crippen LogP contribution in [0.2, 0.25) is 0 Å². The first kappa shape index (κ1) is 21.5. The summed E-state index contributed by atoms with van der Waals surface area (Å²) in [5, 5.41) is 6.06. The molecule has 0 fully saturated rings. The number of benzene rings is 1. The molecule has 1 aromatic carbocycles. The van der Waals surface area contributed by atoms with E-state index in [0.717, 1.165) is 34.0 Å². The molecule has 1 aromatic heterocycles. The summed E-state index contributed by atoms with van der Waals surface area (Å²) >= 11 is 1.45. The van der Waals surface area contributed by atoms with Gasteiger partial charge in [-0.2, -0.15) is 0 Å². The Hall–Kier alpha value is -2.23. The molecule has 9 heteroatoms. The highest BCUT2D eigenvalue weighted by atomic mass is 32.2. The van der Waals surface area contributed by atoms with Crippen LogP contribution in [0.5, 0.6) is 0 Å². The van der Waals surface area contributed by atoms with Crippen molar-refractivity contribution in [1.29, 1.82) is 0 Å². The minimum absolute atomic E-state index is 0.116. The van der Waals surface area contributed by atoms with Crippen LogP contribution in [0.1, 0.15) is 44.5 Å². The van der Waals surface area contributed by atoms with Gasteiger partial charge in [-0.3, -0.25) is 9.59 Å². The Bertz CT molecular complexity index is 1040. The van der Waals surface area contributed by atoms with Crippen molar-refractivity contribution in [3.05, 3.63) is 45.8 Å². The molecule has 1 atom stereocenters. The number of sulfonamides is 1. The summed E-state index contributed by atoms with van der Waals surface area (Å²) in [5.41, 5.74) is 1.89. The molecule has 2 aromatic rings. The van der Waals surface area contributed by atoms with Crippen molar-refractivity contribution in [2.24, 2.45) is 5.92 Å². The highest BCUT2D eigenvalue weighted by Gasteiger charge is 2.28. The average molecular weight is 436 g/mol. The fourth-order valence-electron chi connectivity index (χ4n) is 3.37. The highest BCUT2D eigenvalue weighted by molar-refractivity contribution is 7.89. The molecule has 29 heavy (non-hydrogen) atoms. The zero-order chi connectivity index (χ0) is 21.3. The first-order valence-corrected chi connectivity index (χ1v) is 11.6. The number of fused-ring (bicyclic) bond motifs is 1. The maximum atomic E-state index is 12.8. The number of rotatable bonds is 5. The second-order valence-electron chi connectivity index (χ2n) is 7.40. The van der Waals surface area contributed by atoms with E-state index in [1.54, 1.807) is 7.05 Å². The maximum Gasteiger partial charge on any atom is 0.256 e. The minimum Gasteiger partial charge on any atom is -0.355 e. The summed E-state index contributed by atoms with van der Waals surface area (Å²) in [6.07, 6.45) is 2.74. The van der Waals surface area contributed by atoms with Crippen molar-refractivity contribution >= 4 is 38.2 Å². The molecule has 156 valence electrons. The molecule has 1 heterocycles. The first-order valence-electron chi connectivity index (χ1n) is 9.35. The second kappa shape index (κ2) is 8.25. The van der Waals surface area contributed by atoms with E-state index >= 15 is 0 Å². The Kier molecular flexibility index (Phi) is 6.11. The van der Waals surface area contributed by atoms with Crippen LogP contribution in [0.3, 0.4) is 0 Å². The Balaban J connectivity index is 1.88. The Morgan fingerprint density at radius 3 is 2.38 bits per heavy atom. The van der Waals surface area contributed by atoms with Gasteiger partial charge in [0.1, 0.15) is 5.00 Å². The van der Waals surface area contributed by atoms with E-state index in [1.165, 1.54) is 49.7 Å². The van der Waals surface area contributed by atoms with E-state index in [4.69, 9.17) is 0 Å². The number of nitrogens with zero attached hydrogens (tertiary/aromatic N) is 1. The van der Waals surface area contributed by atoms with Crippen LogP contribution < -0.4 is 10.6 Å². The minimum atomic E-state index is -3.56. The van der Waals surface area contributed by atoms with Crippen molar-refractivity contribution < 1.29 is 18.0 Å². The number of thiophene rings is 1. The number of hydrogen-bond donors (Lipinski definition) is 2. The van der Waals surface area contributed by atoms with Gasteiger partial charge in [0.05, 0.1) is 10.5 Å². The molecule has 0 radical (unpaired) electrons. The molecule has 0 bridgehead atoms. The number of nitrogens with one attached hydrogen (secondary N) is 2. The Morgan fingerprint density at radius 2 is 1.79 bits per heavy atom. The smallest absolute Gasteiger partial charge is 0.256 e. The molecule has 2 amide bonds. The van der Waals surface area contributed by atoms with E-state index < -0.39 is 10.0 Å². The van der Waals surface area contributed by atoms with Gasteiger partial charge in [0.15, 0.2) is 0 Å². The largest absolute Gasteiger partial charge is 0.355 e. The first-order chi connectivity index (χ1) is 13.6. The predicted octanol–water partition coefficient (Wildman–Crippen LogP) is 2.74. The van der Waals surface area contributed by atoms with E-state index in [1.807, 2.05) is 0 Å². The number of amides is 2. The van der Waals surface area contributed by atoms with Gasteiger partial charge in [0, 0.05) is 31.6 Å². The molecule has 1 aliphatic carbocycles. The monoisotopic (exact) mass is 435 g/mol. The summed E-state index contributed by atoms with van der Waals surface area (Å²) in [6, 6.07) is 5.76. The molecule has 3 rings (SSSR count). The molecule has 0 saturated carbocycles. The van der Waals surface area contributed by atoms with Gasteiger partial charge in [-0.25, -0.2) is 12.7 Å². The zero-order valence-electron chi connectivity index (χ0n) is 16.9. The van der Waals surface area contributed by atoms with Crippen molar-refractivity contribution in [3.8, 4) is 0 Å². The van der Waals surface area contributed by atoms with Crippen LogP contribution in [0, 0.1) is 5.92 Å². The molecule has 0 aliphatic heterocycles. The van der Waals surface area contributed by atoms with Gasteiger partial charge >= 0.3 is 0 Å². The number of hydrogen-bond acceptors (Lipinski definition) is 5. The van der Waals surface area contributed by atoms with Crippen molar-refractivity contribution in [3.63, 3.8) is 0 Å². The van der Waals surface area contributed by atoms with Crippen molar-refractivity contribution in [2.75, 3.05) is 26.5 Å². The second-order valence-corrected chi connectivity index (χ2v) is 10.7. The Labute approximate surface area is 175 Å². The SMILES string of the molecule is CNC(=O)c1c(NC(=O)c2ccc(S(=O)(=O)N(C)C)cc2)sc2c1CC[C@@H](C)C2. The van der Waals surface area contributed by atoms with E-state index in [9.17, 15) is 18.0 Å². The van der Waals surface area contributed by atoms with Crippen LogP contribution in [0.25, 0.3) is 0 Å². The van der Waals surface area contributed by atoms with E-state index in [0.29, 0.717) is 22.0 Å². The molecule has 2 N–H and O–H groups in total. The normalized spacial score (nSPS) is 16.4. The number of carbonyl (C=O) groups is 2. The summed E-state index contributed by atoms with van der Waals surface area (Å²) in [5.74, 6) is -0.0381. The summed E-state index contributed by atoms with van der Waals surface area (Å²) < 4.78 is 25.5.